The average molecular weight is 181 g/mol. The molecule has 2 rings (SSSR count). The minimum Gasteiger partial charge on any atom is -0.316 e. The zero-order chi connectivity index (χ0) is 8.93. The molecule has 1 aliphatic heterocycles. The number of hydrogen-bond donors (Lipinski definition) is 1. The minimum atomic E-state index is 1.01. The van der Waals surface area contributed by atoms with E-state index in [9.17, 15) is 0 Å². The SMILES string of the molecule is C1CCC(CC2CCCNC2)CC1. The molecule has 0 aromatic carbocycles. The molecule has 2 aliphatic rings. The van der Waals surface area contributed by atoms with Crippen LogP contribution in [0.4, 0.5) is 0 Å². The van der Waals surface area contributed by atoms with Crippen molar-refractivity contribution in [3.63, 3.8) is 0 Å². The first-order valence-corrected chi connectivity index (χ1v) is 6.16. The van der Waals surface area contributed by atoms with E-state index in [1.54, 1.807) is 0 Å². The van der Waals surface area contributed by atoms with Gasteiger partial charge in [-0.2, -0.15) is 0 Å². The summed E-state index contributed by atoms with van der Waals surface area (Å²) in [6.07, 6.45) is 12.0. The first kappa shape index (κ1) is 9.51. The van der Waals surface area contributed by atoms with Crippen LogP contribution in [0.1, 0.15) is 51.4 Å². The Morgan fingerprint density at radius 2 is 1.62 bits per heavy atom. The Hall–Kier alpha value is -0.0400. The fourth-order valence-electron chi connectivity index (χ4n) is 3.02. The molecule has 0 bridgehead atoms. The highest BCUT2D eigenvalue weighted by molar-refractivity contribution is 4.74. The van der Waals surface area contributed by atoms with E-state index in [2.05, 4.69) is 5.32 Å². The van der Waals surface area contributed by atoms with Gasteiger partial charge in [-0.1, -0.05) is 32.1 Å². The van der Waals surface area contributed by atoms with Gasteiger partial charge in [0.2, 0.25) is 0 Å². The molecule has 0 aromatic heterocycles. The minimum absolute atomic E-state index is 1.01. The third-order valence-electron chi connectivity index (χ3n) is 3.79. The van der Waals surface area contributed by atoms with Crippen molar-refractivity contribution in [3.8, 4) is 0 Å². The summed E-state index contributed by atoms with van der Waals surface area (Å²) in [7, 11) is 0. The van der Waals surface area contributed by atoms with Gasteiger partial charge in [-0.05, 0) is 44.2 Å². The van der Waals surface area contributed by atoms with E-state index in [-0.39, 0.29) is 0 Å². The molecule has 1 aliphatic carbocycles. The van der Waals surface area contributed by atoms with Gasteiger partial charge >= 0.3 is 0 Å². The average Bonchev–Trinajstić information content (AvgIpc) is 2.21. The monoisotopic (exact) mass is 181 g/mol. The first-order valence-electron chi connectivity index (χ1n) is 6.16. The van der Waals surface area contributed by atoms with Crippen LogP contribution in [0.2, 0.25) is 0 Å². The smallest absolute Gasteiger partial charge is 0.00204 e. The molecule has 1 heteroatoms. The molecule has 1 unspecified atom stereocenters. The molecule has 1 N–H and O–H groups in total. The van der Waals surface area contributed by atoms with Gasteiger partial charge < -0.3 is 5.32 Å². The van der Waals surface area contributed by atoms with Gasteiger partial charge in [0.15, 0.2) is 0 Å². The van der Waals surface area contributed by atoms with Crippen LogP contribution in [0, 0.1) is 11.8 Å². The summed E-state index contributed by atoms with van der Waals surface area (Å²) in [6, 6.07) is 0. The highest BCUT2D eigenvalue weighted by atomic mass is 14.9. The molecule has 0 radical (unpaired) electrons. The largest absolute Gasteiger partial charge is 0.316 e. The standard InChI is InChI=1S/C12H23N/c1-2-5-11(6-3-1)9-12-7-4-8-13-10-12/h11-13H,1-10H2. The maximum atomic E-state index is 3.52. The Morgan fingerprint density at radius 3 is 2.31 bits per heavy atom. The van der Waals surface area contributed by atoms with Crippen molar-refractivity contribution >= 4 is 0 Å². The predicted octanol–water partition coefficient (Wildman–Crippen LogP) is 2.96. The molecule has 1 heterocycles. The van der Waals surface area contributed by atoms with Gasteiger partial charge in [-0.25, -0.2) is 0 Å². The van der Waals surface area contributed by atoms with Crippen LogP contribution in [0.5, 0.6) is 0 Å². The van der Waals surface area contributed by atoms with Crippen molar-refractivity contribution in [2.45, 2.75) is 51.4 Å². The predicted molar refractivity (Wildman–Crippen MR) is 56.8 cm³/mol. The van der Waals surface area contributed by atoms with Crippen molar-refractivity contribution in [3.05, 3.63) is 0 Å². The lowest BCUT2D eigenvalue weighted by Crippen LogP contribution is -2.31. The van der Waals surface area contributed by atoms with E-state index in [1.807, 2.05) is 0 Å². The number of rotatable bonds is 2. The Morgan fingerprint density at radius 1 is 0.846 bits per heavy atom. The number of hydrogen-bond acceptors (Lipinski definition) is 1. The number of piperidine rings is 1. The molecular formula is C12H23N. The second-order valence-corrected chi connectivity index (χ2v) is 4.95. The topological polar surface area (TPSA) is 12.0 Å². The van der Waals surface area contributed by atoms with E-state index in [4.69, 9.17) is 0 Å². The zero-order valence-corrected chi connectivity index (χ0v) is 8.73. The fourth-order valence-corrected chi connectivity index (χ4v) is 3.02. The third-order valence-corrected chi connectivity index (χ3v) is 3.79. The van der Waals surface area contributed by atoms with Crippen LogP contribution in [0.3, 0.4) is 0 Å². The number of nitrogens with one attached hydrogen (secondary N) is 1. The Balaban J connectivity index is 1.69. The molecule has 76 valence electrons. The van der Waals surface area contributed by atoms with Crippen LogP contribution >= 0.6 is 0 Å². The van der Waals surface area contributed by atoms with Crippen molar-refractivity contribution < 1.29 is 0 Å². The van der Waals surface area contributed by atoms with Crippen LogP contribution in [-0.4, -0.2) is 13.1 Å². The Bertz CT molecular complexity index is 116. The normalized spacial score (nSPS) is 31.8. The Labute approximate surface area is 82.3 Å². The lowest BCUT2D eigenvalue weighted by Gasteiger charge is -2.29. The summed E-state index contributed by atoms with van der Waals surface area (Å²) < 4.78 is 0. The van der Waals surface area contributed by atoms with Crippen LogP contribution in [0.25, 0.3) is 0 Å². The van der Waals surface area contributed by atoms with Crippen LogP contribution in [-0.2, 0) is 0 Å². The lowest BCUT2D eigenvalue weighted by atomic mass is 9.81. The second-order valence-electron chi connectivity index (χ2n) is 4.95. The lowest BCUT2D eigenvalue weighted by molar-refractivity contribution is 0.254. The molecule has 0 amide bonds. The summed E-state index contributed by atoms with van der Waals surface area (Å²) in [5.41, 5.74) is 0. The molecule has 1 saturated carbocycles. The van der Waals surface area contributed by atoms with E-state index >= 15 is 0 Å². The van der Waals surface area contributed by atoms with E-state index in [1.165, 1.54) is 64.5 Å². The van der Waals surface area contributed by atoms with Gasteiger partial charge in [-0.3, -0.25) is 0 Å². The van der Waals surface area contributed by atoms with Crippen molar-refractivity contribution in [1.29, 1.82) is 0 Å². The summed E-state index contributed by atoms with van der Waals surface area (Å²) >= 11 is 0. The second kappa shape index (κ2) is 4.99. The molecule has 0 spiro atoms. The Kier molecular flexibility index (Phi) is 3.65. The van der Waals surface area contributed by atoms with E-state index in [0.717, 1.165) is 11.8 Å². The highest BCUT2D eigenvalue weighted by Gasteiger charge is 2.20. The fraction of sp³-hybridized carbons (Fsp3) is 1.00. The summed E-state index contributed by atoms with van der Waals surface area (Å²) in [6.45, 7) is 2.57. The van der Waals surface area contributed by atoms with Crippen LogP contribution in [0.15, 0.2) is 0 Å². The van der Waals surface area contributed by atoms with Crippen molar-refractivity contribution in [2.24, 2.45) is 11.8 Å². The molecule has 13 heavy (non-hydrogen) atoms. The van der Waals surface area contributed by atoms with Crippen LogP contribution < -0.4 is 5.32 Å². The van der Waals surface area contributed by atoms with Crippen molar-refractivity contribution in [1.82, 2.24) is 5.32 Å². The van der Waals surface area contributed by atoms with Crippen molar-refractivity contribution in [2.75, 3.05) is 13.1 Å². The molecular weight excluding hydrogens is 158 g/mol. The van der Waals surface area contributed by atoms with Gasteiger partial charge in [0.05, 0.1) is 0 Å². The molecule has 1 nitrogen and oxygen atoms in total. The molecule has 0 aromatic rings. The summed E-state index contributed by atoms with van der Waals surface area (Å²) in [4.78, 5) is 0. The van der Waals surface area contributed by atoms with E-state index < -0.39 is 0 Å². The van der Waals surface area contributed by atoms with Gasteiger partial charge in [-0.15, -0.1) is 0 Å². The summed E-state index contributed by atoms with van der Waals surface area (Å²) in [5, 5.41) is 3.52. The maximum absolute atomic E-state index is 3.52. The molecule has 2 fully saturated rings. The molecule has 1 saturated heterocycles. The van der Waals surface area contributed by atoms with Gasteiger partial charge in [0.1, 0.15) is 0 Å². The quantitative estimate of drug-likeness (QED) is 0.690. The zero-order valence-electron chi connectivity index (χ0n) is 8.73. The van der Waals surface area contributed by atoms with Gasteiger partial charge in [0.25, 0.3) is 0 Å². The third kappa shape index (κ3) is 2.98. The molecule has 1 atom stereocenters. The highest BCUT2D eigenvalue weighted by Crippen LogP contribution is 2.30. The summed E-state index contributed by atoms with van der Waals surface area (Å²) in [5.74, 6) is 2.09. The maximum Gasteiger partial charge on any atom is -0.00204 e. The first-order chi connectivity index (χ1) is 6.45. The van der Waals surface area contributed by atoms with Gasteiger partial charge in [0, 0.05) is 0 Å². The van der Waals surface area contributed by atoms with E-state index in [0.29, 0.717) is 0 Å².